The van der Waals surface area contributed by atoms with Crippen LogP contribution in [0.2, 0.25) is 0 Å². The number of carboxylic acids is 1. The maximum atomic E-state index is 10.2. The highest BCUT2D eigenvalue weighted by Gasteiger charge is 2.16. The average molecular weight is 144 g/mol. The highest BCUT2D eigenvalue weighted by Crippen LogP contribution is 2.16. The van der Waals surface area contributed by atoms with Crippen molar-refractivity contribution in [1.82, 2.24) is 0 Å². The van der Waals surface area contributed by atoms with Crippen molar-refractivity contribution in [2.45, 2.75) is 19.3 Å². The van der Waals surface area contributed by atoms with Crippen molar-refractivity contribution in [1.29, 1.82) is 0 Å². The molecule has 0 spiro atoms. The fourth-order valence-corrected chi connectivity index (χ4v) is 1.22. The van der Waals surface area contributed by atoms with Crippen molar-refractivity contribution >= 4 is 5.97 Å². The minimum Gasteiger partial charge on any atom is -0.481 e. The van der Waals surface area contributed by atoms with E-state index in [0.29, 0.717) is 6.61 Å². The topological polar surface area (TPSA) is 46.5 Å². The largest absolute Gasteiger partial charge is 0.481 e. The van der Waals surface area contributed by atoms with Crippen LogP contribution in [-0.2, 0) is 9.53 Å². The first kappa shape index (κ1) is 7.54. The second-order valence-electron chi connectivity index (χ2n) is 2.68. The van der Waals surface area contributed by atoms with Crippen LogP contribution in [0.15, 0.2) is 0 Å². The van der Waals surface area contributed by atoms with Crippen LogP contribution in [0.4, 0.5) is 0 Å². The van der Waals surface area contributed by atoms with Crippen LogP contribution in [0.3, 0.4) is 0 Å². The molecular formula is C7H12O3. The van der Waals surface area contributed by atoms with Crippen LogP contribution in [0.5, 0.6) is 0 Å². The Labute approximate surface area is 60.0 Å². The summed E-state index contributed by atoms with van der Waals surface area (Å²) in [6.45, 7) is 1.43. The normalized spacial score (nSPS) is 26.2. The Morgan fingerprint density at radius 2 is 2.50 bits per heavy atom. The second kappa shape index (κ2) is 3.56. The first-order chi connectivity index (χ1) is 4.79. The molecule has 1 unspecified atom stereocenters. The van der Waals surface area contributed by atoms with Gasteiger partial charge in [-0.15, -0.1) is 0 Å². The molecule has 1 heterocycles. The van der Waals surface area contributed by atoms with E-state index in [9.17, 15) is 4.79 Å². The van der Waals surface area contributed by atoms with Gasteiger partial charge in [-0.2, -0.15) is 0 Å². The molecule has 1 N–H and O–H groups in total. The molecule has 3 heteroatoms. The molecule has 1 saturated heterocycles. The summed E-state index contributed by atoms with van der Waals surface area (Å²) in [7, 11) is 0. The van der Waals surface area contributed by atoms with Crippen LogP contribution in [-0.4, -0.2) is 24.3 Å². The average Bonchev–Trinajstić information content (AvgIpc) is 1.88. The van der Waals surface area contributed by atoms with Gasteiger partial charge < -0.3 is 9.84 Å². The van der Waals surface area contributed by atoms with Gasteiger partial charge in [0.2, 0.25) is 0 Å². The van der Waals surface area contributed by atoms with Gasteiger partial charge in [0, 0.05) is 13.2 Å². The first-order valence-electron chi connectivity index (χ1n) is 3.58. The zero-order valence-electron chi connectivity index (χ0n) is 5.88. The van der Waals surface area contributed by atoms with Gasteiger partial charge >= 0.3 is 5.97 Å². The number of hydrogen-bond donors (Lipinski definition) is 1. The van der Waals surface area contributed by atoms with Gasteiger partial charge in [-0.3, -0.25) is 4.79 Å². The molecule has 58 valence electrons. The summed E-state index contributed by atoms with van der Waals surface area (Å²) in [5.41, 5.74) is 0. The summed E-state index contributed by atoms with van der Waals surface area (Å²) < 4.78 is 5.12. The number of ether oxygens (including phenoxy) is 1. The van der Waals surface area contributed by atoms with E-state index in [1.807, 2.05) is 0 Å². The molecule has 1 aliphatic rings. The molecular weight excluding hydrogens is 132 g/mol. The summed E-state index contributed by atoms with van der Waals surface area (Å²) in [5, 5.41) is 8.41. The quantitative estimate of drug-likeness (QED) is 0.626. The third-order valence-corrected chi connectivity index (χ3v) is 1.72. The van der Waals surface area contributed by atoms with Crippen molar-refractivity contribution < 1.29 is 14.6 Å². The molecule has 0 radical (unpaired) electrons. The van der Waals surface area contributed by atoms with E-state index in [-0.39, 0.29) is 12.3 Å². The summed E-state index contributed by atoms with van der Waals surface area (Å²) in [6, 6.07) is 0. The Bertz CT molecular complexity index is 116. The minimum atomic E-state index is -0.712. The maximum Gasteiger partial charge on any atom is 0.303 e. The standard InChI is InChI=1S/C7H12O3/c8-7(9)4-6-2-1-3-10-5-6/h6H,1-5H2,(H,8,9). The first-order valence-corrected chi connectivity index (χ1v) is 3.58. The van der Waals surface area contributed by atoms with Gasteiger partial charge in [-0.05, 0) is 18.8 Å². The van der Waals surface area contributed by atoms with Crippen LogP contribution in [0.25, 0.3) is 0 Å². The molecule has 10 heavy (non-hydrogen) atoms. The number of rotatable bonds is 2. The zero-order chi connectivity index (χ0) is 7.40. The maximum absolute atomic E-state index is 10.2. The molecule has 0 aromatic rings. The van der Waals surface area contributed by atoms with E-state index in [1.165, 1.54) is 0 Å². The lowest BCUT2D eigenvalue weighted by molar-refractivity contribution is -0.139. The Kier molecular flexibility index (Phi) is 2.68. The van der Waals surface area contributed by atoms with Crippen molar-refractivity contribution in [2.75, 3.05) is 13.2 Å². The number of carboxylic acid groups (broad SMARTS) is 1. The zero-order valence-corrected chi connectivity index (χ0v) is 5.88. The number of aliphatic carboxylic acids is 1. The van der Waals surface area contributed by atoms with Gasteiger partial charge in [-0.25, -0.2) is 0 Å². The molecule has 3 nitrogen and oxygen atoms in total. The molecule has 0 bridgehead atoms. The van der Waals surface area contributed by atoms with Crippen LogP contribution in [0, 0.1) is 5.92 Å². The Morgan fingerprint density at radius 1 is 1.70 bits per heavy atom. The predicted octanol–water partition coefficient (Wildman–Crippen LogP) is 0.888. The highest BCUT2D eigenvalue weighted by molar-refractivity contribution is 5.67. The van der Waals surface area contributed by atoms with E-state index in [1.54, 1.807) is 0 Å². The van der Waals surface area contributed by atoms with E-state index in [0.717, 1.165) is 19.4 Å². The van der Waals surface area contributed by atoms with Crippen LogP contribution in [0.1, 0.15) is 19.3 Å². The van der Waals surface area contributed by atoms with Gasteiger partial charge in [0.25, 0.3) is 0 Å². The van der Waals surface area contributed by atoms with Gasteiger partial charge in [0.1, 0.15) is 0 Å². The lowest BCUT2D eigenvalue weighted by Crippen LogP contribution is -2.19. The summed E-state index contributed by atoms with van der Waals surface area (Å²) >= 11 is 0. The predicted molar refractivity (Wildman–Crippen MR) is 35.8 cm³/mol. The molecule has 0 aromatic heterocycles. The van der Waals surface area contributed by atoms with Crippen LogP contribution < -0.4 is 0 Å². The highest BCUT2D eigenvalue weighted by atomic mass is 16.5. The lowest BCUT2D eigenvalue weighted by atomic mass is 9.99. The molecule has 0 amide bonds. The Balaban J connectivity index is 2.19. The van der Waals surface area contributed by atoms with E-state index >= 15 is 0 Å². The number of hydrogen-bond acceptors (Lipinski definition) is 2. The van der Waals surface area contributed by atoms with Gasteiger partial charge in [0.05, 0.1) is 6.42 Å². The Hall–Kier alpha value is -0.570. The SMILES string of the molecule is O=C(O)CC1CCCOC1. The fourth-order valence-electron chi connectivity index (χ4n) is 1.22. The monoisotopic (exact) mass is 144 g/mol. The van der Waals surface area contributed by atoms with E-state index in [2.05, 4.69) is 0 Å². The van der Waals surface area contributed by atoms with Crippen molar-refractivity contribution in [3.8, 4) is 0 Å². The van der Waals surface area contributed by atoms with Crippen molar-refractivity contribution in [3.63, 3.8) is 0 Å². The summed E-state index contributed by atoms with van der Waals surface area (Å²) in [4.78, 5) is 10.2. The summed E-state index contributed by atoms with van der Waals surface area (Å²) in [5.74, 6) is -0.457. The lowest BCUT2D eigenvalue weighted by Gasteiger charge is -2.19. The molecule has 1 aliphatic heterocycles. The fraction of sp³-hybridized carbons (Fsp3) is 0.857. The van der Waals surface area contributed by atoms with Gasteiger partial charge in [0.15, 0.2) is 0 Å². The third kappa shape index (κ3) is 2.35. The second-order valence-corrected chi connectivity index (χ2v) is 2.68. The summed E-state index contributed by atoms with van der Waals surface area (Å²) in [6.07, 6.45) is 2.28. The molecule has 0 aliphatic carbocycles. The smallest absolute Gasteiger partial charge is 0.303 e. The van der Waals surface area contributed by atoms with Crippen molar-refractivity contribution in [3.05, 3.63) is 0 Å². The van der Waals surface area contributed by atoms with E-state index in [4.69, 9.17) is 9.84 Å². The molecule has 1 fully saturated rings. The molecule has 1 atom stereocenters. The van der Waals surface area contributed by atoms with Crippen molar-refractivity contribution in [2.24, 2.45) is 5.92 Å². The van der Waals surface area contributed by atoms with Gasteiger partial charge in [-0.1, -0.05) is 0 Å². The Morgan fingerprint density at radius 3 is 3.00 bits per heavy atom. The molecule has 0 saturated carbocycles. The number of carbonyl (C=O) groups is 1. The minimum absolute atomic E-state index is 0.256. The van der Waals surface area contributed by atoms with E-state index < -0.39 is 5.97 Å². The molecule has 1 rings (SSSR count). The third-order valence-electron chi connectivity index (χ3n) is 1.72. The molecule has 0 aromatic carbocycles. The van der Waals surface area contributed by atoms with Crippen LogP contribution >= 0.6 is 0 Å².